The molecule has 0 heterocycles. The van der Waals surface area contributed by atoms with Gasteiger partial charge in [0.15, 0.2) is 5.84 Å². The van der Waals surface area contributed by atoms with Crippen LogP contribution in [0.15, 0.2) is 29.4 Å². The van der Waals surface area contributed by atoms with E-state index in [9.17, 15) is 0 Å². The number of nitrogens with two attached hydrogens (primary N) is 3. The van der Waals surface area contributed by atoms with Crippen molar-refractivity contribution < 1.29 is 0 Å². The van der Waals surface area contributed by atoms with Crippen molar-refractivity contribution >= 4 is 11.5 Å². The predicted octanol–water partition coefficient (Wildman–Crippen LogP) is -0.648. The molecule has 0 radical (unpaired) electrons. The Morgan fingerprint density at radius 2 is 1.83 bits per heavy atom. The lowest BCUT2D eigenvalue weighted by Gasteiger charge is -2.03. The van der Waals surface area contributed by atoms with Crippen molar-refractivity contribution in [3.63, 3.8) is 0 Å². The molecule has 0 atom stereocenters. The lowest BCUT2D eigenvalue weighted by atomic mass is 10.2. The number of nitrogen functional groups attached to an aromatic ring is 1. The molecule has 12 heavy (non-hydrogen) atoms. The first-order chi connectivity index (χ1) is 5.77. The number of hydrazine groups is 1. The summed E-state index contributed by atoms with van der Waals surface area (Å²) in [5.41, 5.74) is 9.35. The van der Waals surface area contributed by atoms with E-state index in [1.54, 1.807) is 24.3 Å². The summed E-state index contributed by atoms with van der Waals surface area (Å²) in [6.45, 7) is 0. The minimum absolute atomic E-state index is 0.426. The van der Waals surface area contributed by atoms with Crippen LogP contribution in [-0.4, -0.2) is 5.84 Å². The summed E-state index contributed by atoms with van der Waals surface area (Å²) in [6, 6.07) is 7.05. The van der Waals surface area contributed by atoms with Gasteiger partial charge >= 0.3 is 0 Å². The fourth-order valence-electron chi connectivity index (χ4n) is 0.836. The number of hydrogen-bond acceptors (Lipinski definition) is 4. The third-order valence-corrected chi connectivity index (χ3v) is 1.45. The average Bonchev–Trinajstić information content (AvgIpc) is 2.10. The SMILES string of the molecule is N/N=C(\NN)c1ccc(N)cc1. The highest BCUT2D eigenvalue weighted by atomic mass is 15.3. The number of nitrogens with one attached hydrogen (secondary N) is 1. The molecular formula is C7H11N5. The van der Waals surface area contributed by atoms with E-state index in [4.69, 9.17) is 17.4 Å². The number of benzene rings is 1. The molecule has 0 fully saturated rings. The molecule has 0 spiro atoms. The number of anilines is 1. The smallest absolute Gasteiger partial charge is 0.166 e. The Balaban J connectivity index is 2.96. The van der Waals surface area contributed by atoms with Gasteiger partial charge in [0, 0.05) is 11.3 Å². The van der Waals surface area contributed by atoms with Crippen LogP contribution in [0.2, 0.25) is 0 Å². The molecule has 0 unspecified atom stereocenters. The molecule has 5 heteroatoms. The molecule has 0 aromatic heterocycles. The Labute approximate surface area is 70.2 Å². The highest BCUT2D eigenvalue weighted by Crippen LogP contribution is 2.04. The van der Waals surface area contributed by atoms with Gasteiger partial charge in [-0.1, -0.05) is 0 Å². The van der Waals surface area contributed by atoms with Crippen LogP contribution in [0.5, 0.6) is 0 Å². The first kappa shape index (κ1) is 8.35. The zero-order chi connectivity index (χ0) is 8.97. The Bertz CT molecular complexity index is 276. The Morgan fingerprint density at radius 3 is 2.25 bits per heavy atom. The van der Waals surface area contributed by atoms with Crippen LogP contribution < -0.4 is 22.8 Å². The van der Waals surface area contributed by atoms with E-state index in [0.717, 1.165) is 5.56 Å². The van der Waals surface area contributed by atoms with Crippen molar-refractivity contribution in [2.75, 3.05) is 5.73 Å². The topological polar surface area (TPSA) is 102 Å². The van der Waals surface area contributed by atoms with Crippen LogP contribution in [0, 0.1) is 0 Å². The monoisotopic (exact) mass is 165 g/mol. The van der Waals surface area contributed by atoms with Gasteiger partial charge in [0.1, 0.15) is 0 Å². The number of amidine groups is 1. The molecule has 0 saturated carbocycles. The standard InChI is InChI=1S/C7H11N5/c8-6-3-1-5(2-4-6)7(11-9)12-10/h1-4H,8-10H2,(H,11,12). The lowest BCUT2D eigenvalue weighted by molar-refractivity contribution is 1.00. The maximum absolute atomic E-state index is 5.49. The van der Waals surface area contributed by atoms with Crippen LogP contribution in [-0.2, 0) is 0 Å². The van der Waals surface area contributed by atoms with E-state index >= 15 is 0 Å². The quantitative estimate of drug-likeness (QED) is 0.146. The predicted molar refractivity (Wildman–Crippen MR) is 48.9 cm³/mol. The highest BCUT2D eigenvalue weighted by molar-refractivity contribution is 5.98. The van der Waals surface area contributed by atoms with E-state index in [0.29, 0.717) is 11.5 Å². The van der Waals surface area contributed by atoms with E-state index in [1.165, 1.54) is 0 Å². The van der Waals surface area contributed by atoms with Gasteiger partial charge in [-0.2, -0.15) is 5.10 Å². The van der Waals surface area contributed by atoms with Crippen LogP contribution in [0.4, 0.5) is 5.69 Å². The minimum Gasteiger partial charge on any atom is -0.399 e. The van der Waals surface area contributed by atoms with Crippen molar-refractivity contribution in [2.24, 2.45) is 16.8 Å². The molecule has 0 aliphatic heterocycles. The second-order valence-corrected chi connectivity index (χ2v) is 2.24. The molecular weight excluding hydrogens is 154 g/mol. The number of nitrogens with zero attached hydrogens (tertiary/aromatic N) is 1. The van der Waals surface area contributed by atoms with E-state index in [1.807, 2.05) is 0 Å². The molecule has 0 aliphatic rings. The molecule has 1 rings (SSSR count). The van der Waals surface area contributed by atoms with Crippen LogP contribution in [0.3, 0.4) is 0 Å². The van der Waals surface area contributed by atoms with Crippen molar-refractivity contribution in [1.29, 1.82) is 0 Å². The normalized spacial score (nSPS) is 11.2. The second kappa shape index (κ2) is 3.59. The number of hydrogen-bond donors (Lipinski definition) is 4. The number of hydrazone groups is 1. The van der Waals surface area contributed by atoms with Gasteiger partial charge in [-0.05, 0) is 24.3 Å². The summed E-state index contributed by atoms with van der Waals surface area (Å²) in [4.78, 5) is 0. The molecule has 0 aliphatic carbocycles. The van der Waals surface area contributed by atoms with Gasteiger partial charge < -0.3 is 17.0 Å². The first-order valence-electron chi connectivity index (χ1n) is 3.38. The fraction of sp³-hybridized carbons (Fsp3) is 0. The molecule has 7 N–H and O–H groups in total. The number of rotatable bonds is 1. The molecule has 0 bridgehead atoms. The van der Waals surface area contributed by atoms with Crippen molar-refractivity contribution in [2.45, 2.75) is 0 Å². The summed E-state index contributed by atoms with van der Waals surface area (Å²) in [7, 11) is 0. The molecule has 1 aromatic rings. The van der Waals surface area contributed by atoms with Gasteiger partial charge in [-0.3, -0.25) is 0 Å². The first-order valence-corrected chi connectivity index (χ1v) is 3.38. The molecule has 1 aromatic carbocycles. The Kier molecular flexibility index (Phi) is 2.49. The van der Waals surface area contributed by atoms with Gasteiger partial charge in [0.25, 0.3) is 0 Å². The van der Waals surface area contributed by atoms with Gasteiger partial charge in [0.2, 0.25) is 0 Å². The van der Waals surface area contributed by atoms with Crippen molar-refractivity contribution in [3.05, 3.63) is 29.8 Å². The fourth-order valence-corrected chi connectivity index (χ4v) is 0.836. The minimum atomic E-state index is 0.426. The van der Waals surface area contributed by atoms with Crippen molar-refractivity contribution in [3.8, 4) is 0 Å². The summed E-state index contributed by atoms with van der Waals surface area (Å²) in [5.74, 6) is 10.7. The summed E-state index contributed by atoms with van der Waals surface area (Å²) >= 11 is 0. The van der Waals surface area contributed by atoms with Gasteiger partial charge in [-0.15, -0.1) is 0 Å². The average molecular weight is 165 g/mol. The van der Waals surface area contributed by atoms with E-state index in [2.05, 4.69) is 10.5 Å². The van der Waals surface area contributed by atoms with Crippen LogP contribution in [0.25, 0.3) is 0 Å². The molecule has 64 valence electrons. The summed E-state index contributed by atoms with van der Waals surface area (Å²) in [6.07, 6.45) is 0. The Hall–Kier alpha value is -1.75. The van der Waals surface area contributed by atoms with Gasteiger partial charge in [-0.25, -0.2) is 5.84 Å². The highest BCUT2D eigenvalue weighted by Gasteiger charge is 1.98. The summed E-state index contributed by atoms with van der Waals surface area (Å²) < 4.78 is 0. The van der Waals surface area contributed by atoms with E-state index in [-0.39, 0.29) is 0 Å². The van der Waals surface area contributed by atoms with Gasteiger partial charge in [0.05, 0.1) is 0 Å². The summed E-state index contributed by atoms with van der Waals surface area (Å²) in [5, 5.41) is 3.45. The molecule has 0 saturated heterocycles. The Morgan fingerprint density at radius 1 is 1.25 bits per heavy atom. The van der Waals surface area contributed by atoms with Crippen LogP contribution >= 0.6 is 0 Å². The maximum Gasteiger partial charge on any atom is 0.166 e. The largest absolute Gasteiger partial charge is 0.399 e. The zero-order valence-electron chi connectivity index (χ0n) is 6.49. The third-order valence-electron chi connectivity index (χ3n) is 1.45. The van der Waals surface area contributed by atoms with Crippen LogP contribution in [0.1, 0.15) is 5.56 Å². The van der Waals surface area contributed by atoms with Crippen molar-refractivity contribution in [1.82, 2.24) is 5.43 Å². The molecule has 5 nitrogen and oxygen atoms in total. The maximum atomic E-state index is 5.49. The second-order valence-electron chi connectivity index (χ2n) is 2.24. The lowest BCUT2D eigenvalue weighted by Crippen LogP contribution is -2.31. The zero-order valence-corrected chi connectivity index (χ0v) is 6.49. The third kappa shape index (κ3) is 1.64. The molecule has 0 amide bonds. The van der Waals surface area contributed by atoms with E-state index < -0.39 is 0 Å².